The van der Waals surface area contributed by atoms with Crippen LogP contribution in [0.3, 0.4) is 0 Å². The molecule has 0 aliphatic carbocycles. The van der Waals surface area contributed by atoms with Crippen molar-refractivity contribution in [1.29, 1.82) is 0 Å². The van der Waals surface area contributed by atoms with Gasteiger partial charge in [0, 0.05) is 5.56 Å². The Morgan fingerprint density at radius 1 is 1.13 bits per heavy atom. The average Bonchev–Trinajstić information content (AvgIpc) is 2.97. The van der Waals surface area contributed by atoms with Gasteiger partial charge in [-0.25, -0.2) is 4.79 Å². The number of carboxylic acid groups (broad SMARTS) is 1. The van der Waals surface area contributed by atoms with Gasteiger partial charge in [0.2, 0.25) is 0 Å². The highest BCUT2D eigenvalue weighted by molar-refractivity contribution is 7.12. The van der Waals surface area contributed by atoms with Gasteiger partial charge in [-0.3, -0.25) is 4.79 Å². The molecule has 0 saturated heterocycles. The molecule has 0 aliphatic heterocycles. The summed E-state index contributed by atoms with van der Waals surface area (Å²) in [5, 5.41) is 13.3. The summed E-state index contributed by atoms with van der Waals surface area (Å²) >= 11 is 1.06. The summed E-state index contributed by atoms with van der Waals surface area (Å²) < 4.78 is 10.9. The van der Waals surface area contributed by atoms with E-state index < -0.39 is 11.9 Å². The van der Waals surface area contributed by atoms with E-state index in [0.717, 1.165) is 11.3 Å². The van der Waals surface area contributed by atoms with E-state index in [1.165, 1.54) is 0 Å². The Kier molecular flexibility index (Phi) is 5.59. The van der Waals surface area contributed by atoms with Crippen LogP contribution in [0.15, 0.2) is 29.6 Å². The zero-order valence-electron chi connectivity index (χ0n) is 12.8. The number of anilines is 1. The second-order valence-corrected chi connectivity index (χ2v) is 5.37. The third kappa shape index (κ3) is 4.01. The van der Waals surface area contributed by atoms with E-state index in [1.807, 2.05) is 13.8 Å². The minimum atomic E-state index is -1.07. The molecule has 2 rings (SSSR count). The smallest absolute Gasteiger partial charge is 0.348 e. The van der Waals surface area contributed by atoms with Gasteiger partial charge < -0.3 is 19.9 Å². The van der Waals surface area contributed by atoms with Gasteiger partial charge in [-0.1, -0.05) is 0 Å². The number of nitrogens with one attached hydrogen (secondary N) is 1. The van der Waals surface area contributed by atoms with Gasteiger partial charge in [-0.15, -0.1) is 11.3 Å². The van der Waals surface area contributed by atoms with Crippen molar-refractivity contribution in [3.8, 4) is 11.5 Å². The van der Waals surface area contributed by atoms with Crippen molar-refractivity contribution in [3.63, 3.8) is 0 Å². The lowest BCUT2D eigenvalue weighted by Crippen LogP contribution is -2.14. The van der Waals surface area contributed by atoms with Crippen LogP contribution in [0.5, 0.6) is 11.5 Å². The summed E-state index contributed by atoms with van der Waals surface area (Å²) in [6.45, 7) is 4.63. The molecule has 0 atom stereocenters. The van der Waals surface area contributed by atoms with Crippen molar-refractivity contribution in [2.75, 3.05) is 18.5 Å². The topological polar surface area (TPSA) is 84.9 Å². The molecule has 1 amide bonds. The van der Waals surface area contributed by atoms with E-state index in [2.05, 4.69) is 5.32 Å². The van der Waals surface area contributed by atoms with Crippen LogP contribution in [0.4, 0.5) is 5.69 Å². The maximum absolute atomic E-state index is 12.3. The molecular weight excluding hydrogens is 318 g/mol. The molecule has 0 saturated carbocycles. The van der Waals surface area contributed by atoms with Gasteiger partial charge in [-0.05, 0) is 43.5 Å². The summed E-state index contributed by atoms with van der Waals surface area (Å²) in [6.07, 6.45) is 0. The van der Waals surface area contributed by atoms with Crippen LogP contribution in [-0.2, 0) is 0 Å². The normalized spacial score (nSPS) is 10.2. The number of amides is 1. The highest BCUT2D eigenvalue weighted by Gasteiger charge is 2.16. The quantitative estimate of drug-likeness (QED) is 0.809. The Balaban J connectivity index is 2.23. The van der Waals surface area contributed by atoms with E-state index in [9.17, 15) is 9.59 Å². The van der Waals surface area contributed by atoms with Crippen molar-refractivity contribution in [2.45, 2.75) is 13.8 Å². The fourth-order valence-electron chi connectivity index (χ4n) is 1.96. The number of hydrogen-bond donors (Lipinski definition) is 2. The minimum Gasteiger partial charge on any atom is -0.490 e. The van der Waals surface area contributed by atoms with Gasteiger partial charge in [-0.2, -0.15) is 0 Å². The molecule has 0 bridgehead atoms. The highest BCUT2D eigenvalue weighted by atomic mass is 32.1. The minimum absolute atomic E-state index is 0.0920. The first-order chi connectivity index (χ1) is 11.1. The molecule has 2 N–H and O–H groups in total. The first-order valence-corrected chi connectivity index (χ1v) is 7.96. The predicted octanol–water partition coefficient (Wildman–Crippen LogP) is 3.50. The summed E-state index contributed by atoms with van der Waals surface area (Å²) in [5.41, 5.74) is 0.638. The Hall–Kier alpha value is -2.54. The molecule has 0 fully saturated rings. The second kappa shape index (κ2) is 7.64. The molecule has 1 heterocycles. The Morgan fingerprint density at radius 3 is 2.48 bits per heavy atom. The largest absolute Gasteiger partial charge is 0.490 e. The highest BCUT2D eigenvalue weighted by Crippen LogP contribution is 2.29. The number of carboxylic acids is 1. The number of ether oxygens (including phenoxy) is 2. The molecule has 0 aliphatic rings. The van der Waals surface area contributed by atoms with Crippen molar-refractivity contribution in [2.24, 2.45) is 0 Å². The molecule has 0 radical (unpaired) electrons. The van der Waals surface area contributed by atoms with Crippen LogP contribution >= 0.6 is 11.3 Å². The first kappa shape index (κ1) is 16.8. The molecule has 0 spiro atoms. The van der Waals surface area contributed by atoms with Crippen LogP contribution in [0.2, 0.25) is 0 Å². The molecule has 7 heteroatoms. The van der Waals surface area contributed by atoms with E-state index in [1.54, 1.807) is 29.6 Å². The average molecular weight is 335 g/mol. The first-order valence-electron chi connectivity index (χ1n) is 7.08. The van der Waals surface area contributed by atoms with Gasteiger partial charge >= 0.3 is 5.97 Å². The van der Waals surface area contributed by atoms with E-state index in [-0.39, 0.29) is 10.6 Å². The molecule has 122 valence electrons. The van der Waals surface area contributed by atoms with Gasteiger partial charge in [0.05, 0.1) is 18.9 Å². The van der Waals surface area contributed by atoms with Gasteiger partial charge in [0.1, 0.15) is 4.88 Å². The van der Waals surface area contributed by atoms with Crippen molar-refractivity contribution in [3.05, 3.63) is 40.1 Å². The number of aromatic carboxylic acids is 1. The van der Waals surface area contributed by atoms with E-state index >= 15 is 0 Å². The molecular formula is C16H17NO5S. The zero-order valence-corrected chi connectivity index (χ0v) is 13.6. The van der Waals surface area contributed by atoms with E-state index in [4.69, 9.17) is 14.6 Å². The van der Waals surface area contributed by atoms with Crippen molar-refractivity contribution < 1.29 is 24.2 Å². The standard InChI is InChI=1S/C16H17NO5S/c1-3-21-12-6-5-10(9-13(12)22-4-2)15(18)17-11-7-8-23-14(11)16(19)20/h5-9H,3-4H2,1-2H3,(H,17,18)(H,19,20). The molecule has 1 aromatic heterocycles. The third-order valence-electron chi connectivity index (χ3n) is 2.91. The molecule has 1 aromatic carbocycles. The van der Waals surface area contributed by atoms with Crippen LogP contribution < -0.4 is 14.8 Å². The lowest BCUT2D eigenvalue weighted by molar-refractivity contribution is 0.0703. The summed E-state index contributed by atoms with van der Waals surface area (Å²) in [6, 6.07) is 6.41. The SMILES string of the molecule is CCOc1ccc(C(=O)Nc2ccsc2C(=O)O)cc1OCC. The zero-order chi connectivity index (χ0) is 16.8. The monoisotopic (exact) mass is 335 g/mol. The molecule has 23 heavy (non-hydrogen) atoms. The van der Waals surface area contributed by atoms with Crippen molar-refractivity contribution in [1.82, 2.24) is 0 Å². The van der Waals surface area contributed by atoms with Crippen LogP contribution in [0.1, 0.15) is 33.9 Å². The number of carbonyl (C=O) groups excluding carboxylic acids is 1. The number of benzene rings is 1. The van der Waals surface area contributed by atoms with Crippen LogP contribution in [0.25, 0.3) is 0 Å². The fourth-order valence-corrected chi connectivity index (χ4v) is 2.65. The maximum Gasteiger partial charge on any atom is 0.348 e. The molecule has 2 aromatic rings. The van der Waals surface area contributed by atoms with Crippen LogP contribution in [0, 0.1) is 0 Å². The summed E-state index contributed by atoms with van der Waals surface area (Å²) in [5.74, 6) is -0.440. The summed E-state index contributed by atoms with van der Waals surface area (Å²) in [4.78, 5) is 23.5. The Labute approximate surface area is 137 Å². The Bertz CT molecular complexity index is 710. The lowest BCUT2D eigenvalue weighted by Gasteiger charge is -2.12. The number of rotatable bonds is 7. The van der Waals surface area contributed by atoms with Gasteiger partial charge in [0.25, 0.3) is 5.91 Å². The maximum atomic E-state index is 12.3. The predicted molar refractivity (Wildman–Crippen MR) is 88.0 cm³/mol. The molecule has 0 unspecified atom stereocenters. The van der Waals surface area contributed by atoms with Crippen molar-refractivity contribution >= 4 is 28.9 Å². The Morgan fingerprint density at radius 2 is 1.83 bits per heavy atom. The van der Waals surface area contributed by atoms with Gasteiger partial charge in [0.15, 0.2) is 11.5 Å². The number of thiophene rings is 1. The fraction of sp³-hybridized carbons (Fsp3) is 0.250. The summed E-state index contributed by atoms with van der Waals surface area (Å²) in [7, 11) is 0. The second-order valence-electron chi connectivity index (χ2n) is 4.45. The van der Waals surface area contributed by atoms with E-state index in [0.29, 0.717) is 30.3 Å². The lowest BCUT2D eigenvalue weighted by atomic mass is 10.2. The third-order valence-corrected chi connectivity index (χ3v) is 3.82. The van der Waals surface area contributed by atoms with Crippen LogP contribution in [-0.4, -0.2) is 30.2 Å². The molecule has 6 nitrogen and oxygen atoms in total. The number of carbonyl (C=O) groups is 2. The number of hydrogen-bond acceptors (Lipinski definition) is 5.